The summed E-state index contributed by atoms with van der Waals surface area (Å²) in [7, 11) is 1.57. The third-order valence-corrected chi connectivity index (χ3v) is 4.29. The van der Waals surface area contributed by atoms with Crippen molar-refractivity contribution < 1.29 is 23.8 Å². The van der Waals surface area contributed by atoms with Crippen LogP contribution in [-0.2, 0) is 14.3 Å². The van der Waals surface area contributed by atoms with E-state index >= 15 is 0 Å². The lowest BCUT2D eigenvalue weighted by atomic mass is 10.0. The van der Waals surface area contributed by atoms with Crippen molar-refractivity contribution in [3.63, 3.8) is 0 Å². The van der Waals surface area contributed by atoms with Crippen LogP contribution >= 0.6 is 0 Å². The number of hydrogen-bond acceptors (Lipinski definition) is 5. The first-order chi connectivity index (χ1) is 13.2. The van der Waals surface area contributed by atoms with E-state index in [1.54, 1.807) is 38.3 Å². The molecule has 0 fully saturated rings. The molecule has 2 unspecified atom stereocenters. The number of hydrogen-bond donors (Lipinski definition) is 1. The Morgan fingerprint density at radius 1 is 0.893 bits per heavy atom. The SMILES string of the molecule is COc1ccc(OC(C)C(=O)OC(C)C(=O)Nc2c(C)cc(C)cc2C)cc1. The molecule has 0 bridgehead atoms. The summed E-state index contributed by atoms with van der Waals surface area (Å²) >= 11 is 0. The second-order valence-corrected chi connectivity index (χ2v) is 6.78. The summed E-state index contributed by atoms with van der Waals surface area (Å²) < 4.78 is 15.9. The van der Waals surface area contributed by atoms with Gasteiger partial charge in [-0.3, -0.25) is 4.79 Å². The minimum Gasteiger partial charge on any atom is -0.497 e. The van der Waals surface area contributed by atoms with E-state index in [-0.39, 0.29) is 5.91 Å². The molecule has 0 aromatic heterocycles. The average Bonchev–Trinajstić information content (AvgIpc) is 2.64. The van der Waals surface area contributed by atoms with Gasteiger partial charge in [0, 0.05) is 5.69 Å². The molecule has 0 spiro atoms. The first-order valence-electron chi connectivity index (χ1n) is 9.11. The van der Waals surface area contributed by atoms with Crippen LogP contribution < -0.4 is 14.8 Å². The molecule has 6 heteroatoms. The van der Waals surface area contributed by atoms with Gasteiger partial charge in [-0.2, -0.15) is 0 Å². The average molecular weight is 385 g/mol. The van der Waals surface area contributed by atoms with Crippen LogP contribution in [0.15, 0.2) is 36.4 Å². The van der Waals surface area contributed by atoms with Gasteiger partial charge in [-0.05, 0) is 70.0 Å². The van der Waals surface area contributed by atoms with E-state index < -0.39 is 18.2 Å². The van der Waals surface area contributed by atoms with Gasteiger partial charge < -0.3 is 19.5 Å². The Morgan fingerprint density at radius 3 is 1.96 bits per heavy atom. The first kappa shape index (κ1) is 21.3. The number of rotatable bonds is 7. The molecule has 1 amide bonds. The summed E-state index contributed by atoms with van der Waals surface area (Å²) in [6.07, 6.45) is -1.80. The Labute approximate surface area is 165 Å². The Morgan fingerprint density at radius 2 is 1.43 bits per heavy atom. The van der Waals surface area contributed by atoms with E-state index in [4.69, 9.17) is 14.2 Å². The van der Waals surface area contributed by atoms with Crippen molar-refractivity contribution in [3.8, 4) is 11.5 Å². The lowest BCUT2D eigenvalue weighted by molar-refractivity contribution is -0.159. The Hall–Kier alpha value is -3.02. The van der Waals surface area contributed by atoms with E-state index in [0.29, 0.717) is 11.5 Å². The molecule has 1 N–H and O–H groups in total. The molecule has 0 heterocycles. The molecule has 0 saturated heterocycles. The van der Waals surface area contributed by atoms with Crippen molar-refractivity contribution >= 4 is 17.6 Å². The predicted molar refractivity (Wildman–Crippen MR) is 108 cm³/mol. The number of amides is 1. The zero-order valence-corrected chi connectivity index (χ0v) is 17.2. The maximum Gasteiger partial charge on any atom is 0.347 e. The van der Waals surface area contributed by atoms with E-state index in [9.17, 15) is 9.59 Å². The fourth-order valence-corrected chi connectivity index (χ4v) is 2.83. The van der Waals surface area contributed by atoms with Crippen LogP contribution in [0.4, 0.5) is 5.69 Å². The molecule has 2 aromatic rings. The maximum atomic E-state index is 12.4. The summed E-state index contributed by atoms with van der Waals surface area (Å²) in [6, 6.07) is 10.8. The zero-order valence-electron chi connectivity index (χ0n) is 17.2. The monoisotopic (exact) mass is 385 g/mol. The molecule has 0 saturated carbocycles. The van der Waals surface area contributed by atoms with Gasteiger partial charge in [0.2, 0.25) is 0 Å². The van der Waals surface area contributed by atoms with Crippen LogP contribution in [-0.4, -0.2) is 31.2 Å². The van der Waals surface area contributed by atoms with Gasteiger partial charge in [0.05, 0.1) is 7.11 Å². The number of anilines is 1. The van der Waals surface area contributed by atoms with Crippen molar-refractivity contribution in [1.82, 2.24) is 0 Å². The highest BCUT2D eigenvalue weighted by Gasteiger charge is 2.24. The van der Waals surface area contributed by atoms with E-state index in [0.717, 1.165) is 22.4 Å². The molecule has 0 aliphatic carbocycles. The maximum absolute atomic E-state index is 12.4. The molecule has 0 aliphatic rings. The number of aryl methyl sites for hydroxylation is 3. The smallest absolute Gasteiger partial charge is 0.347 e. The third kappa shape index (κ3) is 5.49. The minimum absolute atomic E-state index is 0.389. The normalized spacial score (nSPS) is 12.6. The second-order valence-electron chi connectivity index (χ2n) is 6.78. The van der Waals surface area contributed by atoms with Crippen molar-refractivity contribution in [3.05, 3.63) is 53.1 Å². The number of carbonyl (C=O) groups excluding carboxylic acids is 2. The lowest BCUT2D eigenvalue weighted by Crippen LogP contribution is -2.35. The number of methoxy groups -OCH3 is 1. The van der Waals surface area contributed by atoms with Gasteiger partial charge in [-0.15, -0.1) is 0 Å². The predicted octanol–water partition coefficient (Wildman–Crippen LogP) is 3.96. The van der Waals surface area contributed by atoms with E-state index in [1.165, 1.54) is 6.92 Å². The molecule has 6 nitrogen and oxygen atoms in total. The van der Waals surface area contributed by atoms with Crippen molar-refractivity contribution in [2.24, 2.45) is 0 Å². The summed E-state index contributed by atoms with van der Waals surface area (Å²) in [5.41, 5.74) is 3.78. The van der Waals surface area contributed by atoms with Gasteiger partial charge in [0.1, 0.15) is 11.5 Å². The zero-order chi connectivity index (χ0) is 20.8. The van der Waals surface area contributed by atoms with Gasteiger partial charge in [0.15, 0.2) is 12.2 Å². The van der Waals surface area contributed by atoms with Crippen molar-refractivity contribution in [2.75, 3.05) is 12.4 Å². The molecule has 28 heavy (non-hydrogen) atoms. The van der Waals surface area contributed by atoms with E-state index in [1.807, 2.05) is 32.9 Å². The standard InChI is InChI=1S/C22H27NO5/c1-13-11-14(2)20(15(3)12-13)23-21(24)16(4)28-22(25)17(5)27-19-9-7-18(26-6)8-10-19/h7-12,16-17H,1-6H3,(H,23,24). The Balaban J connectivity index is 1.94. The molecular formula is C22H27NO5. The largest absolute Gasteiger partial charge is 0.497 e. The topological polar surface area (TPSA) is 73.9 Å². The molecular weight excluding hydrogens is 358 g/mol. The summed E-state index contributed by atoms with van der Waals surface area (Å²) in [5, 5.41) is 2.84. The number of nitrogens with one attached hydrogen (secondary N) is 1. The quantitative estimate of drug-likeness (QED) is 0.731. The van der Waals surface area contributed by atoms with E-state index in [2.05, 4.69) is 5.32 Å². The van der Waals surface area contributed by atoms with Crippen molar-refractivity contribution in [1.29, 1.82) is 0 Å². The van der Waals surface area contributed by atoms with Gasteiger partial charge in [-0.1, -0.05) is 17.7 Å². The fraction of sp³-hybridized carbons (Fsp3) is 0.364. The van der Waals surface area contributed by atoms with Crippen LogP contribution in [0.2, 0.25) is 0 Å². The van der Waals surface area contributed by atoms with Crippen LogP contribution in [0.3, 0.4) is 0 Å². The molecule has 0 aliphatic heterocycles. The van der Waals surface area contributed by atoms with Crippen LogP contribution in [0.25, 0.3) is 0 Å². The molecule has 2 rings (SSSR count). The number of benzene rings is 2. The van der Waals surface area contributed by atoms with Crippen LogP contribution in [0.5, 0.6) is 11.5 Å². The Bertz CT molecular complexity index is 822. The molecule has 0 radical (unpaired) electrons. The number of carbonyl (C=O) groups is 2. The number of esters is 1. The van der Waals surface area contributed by atoms with Gasteiger partial charge in [-0.25, -0.2) is 4.79 Å². The number of ether oxygens (including phenoxy) is 3. The van der Waals surface area contributed by atoms with Gasteiger partial charge >= 0.3 is 5.97 Å². The summed E-state index contributed by atoms with van der Waals surface area (Å²) in [6.45, 7) is 8.96. The second kappa shape index (κ2) is 9.26. The molecule has 150 valence electrons. The lowest BCUT2D eigenvalue weighted by Gasteiger charge is -2.19. The molecule has 2 atom stereocenters. The van der Waals surface area contributed by atoms with Crippen LogP contribution in [0, 0.1) is 20.8 Å². The summed E-state index contributed by atoms with van der Waals surface area (Å²) in [5.74, 6) is 0.193. The first-order valence-corrected chi connectivity index (χ1v) is 9.11. The van der Waals surface area contributed by atoms with Crippen LogP contribution in [0.1, 0.15) is 30.5 Å². The third-order valence-electron chi connectivity index (χ3n) is 4.29. The fourth-order valence-electron chi connectivity index (χ4n) is 2.83. The van der Waals surface area contributed by atoms with Gasteiger partial charge in [0.25, 0.3) is 5.91 Å². The van der Waals surface area contributed by atoms with Crippen molar-refractivity contribution in [2.45, 2.75) is 46.8 Å². The highest BCUT2D eigenvalue weighted by molar-refractivity contribution is 5.96. The molecule has 2 aromatic carbocycles. The minimum atomic E-state index is -0.950. The highest BCUT2D eigenvalue weighted by atomic mass is 16.6. The Kier molecular flexibility index (Phi) is 7.04. The summed E-state index contributed by atoms with van der Waals surface area (Å²) in [4.78, 5) is 24.7. The highest BCUT2D eigenvalue weighted by Crippen LogP contribution is 2.22.